The fourth-order valence-corrected chi connectivity index (χ4v) is 2.18. The first kappa shape index (κ1) is 15.4. The number of carbonyl (C=O) groups is 1. The average Bonchev–Trinajstić information content (AvgIpc) is 2.47. The van der Waals surface area contributed by atoms with E-state index in [4.69, 9.17) is 16.3 Å². The van der Waals surface area contributed by atoms with E-state index >= 15 is 0 Å². The topological polar surface area (TPSA) is 58.6 Å². The van der Waals surface area contributed by atoms with Crippen LogP contribution in [-0.2, 0) is 0 Å². The van der Waals surface area contributed by atoms with Crippen LogP contribution in [0.2, 0.25) is 5.02 Å². The van der Waals surface area contributed by atoms with Gasteiger partial charge in [-0.25, -0.2) is 0 Å². The zero-order chi connectivity index (χ0) is 15.4. The van der Waals surface area contributed by atoms with Gasteiger partial charge in [0, 0.05) is 16.3 Å². The molecule has 0 radical (unpaired) electrons. The lowest BCUT2D eigenvalue weighted by molar-refractivity contribution is 0.102. The summed E-state index contributed by atoms with van der Waals surface area (Å²) in [6, 6.07) is 11.9. The fourth-order valence-electron chi connectivity index (χ4n) is 2.02. The average molecular weight is 306 g/mol. The SMILES string of the molecule is COc1cc(Cl)ccc1C(=O)Nc1ccccc1C(C)O. The number of aliphatic hydroxyl groups excluding tert-OH is 1. The number of methoxy groups -OCH3 is 1. The van der Waals surface area contributed by atoms with E-state index in [1.807, 2.05) is 0 Å². The Kier molecular flexibility index (Phi) is 4.83. The third-order valence-corrected chi connectivity index (χ3v) is 3.30. The van der Waals surface area contributed by atoms with Gasteiger partial charge in [-0.1, -0.05) is 29.8 Å². The Morgan fingerprint density at radius 3 is 2.67 bits per heavy atom. The largest absolute Gasteiger partial charge is 0.496 e. The monoisotopic (exact) mass is 305 g/mol. The first-order valence-corrected chi connectivity index (χ1v) is 6.82. The van der Waals surface area contributed by atoms with Crippen LogP contribution in [0, 0.1) is 0 Å². The molecule has 0 spiro atoms. The molecule has 0 fully saturated rings. The molecule has 0 heterocycles. The van der Waals surface area contributed by atoms with Crippen molar-refractivity contribution in [1.29, 1.82) is 0 Å². The molecule has 0 bridgehead atoms. The van der Waals surface area contributed by atoms with Crippen LogP contribution in [-0.4, -0.2) is 18.1 Å². The van der Waals surface area contributed by atoms with E-state index in [-0.39, 0.29) is 5.91 Å². The second kappa shape index (κ2) is 6.61. The van der Waals surface area contributed by atoms with E-state index in [9.17, 15) is 9.90 Å². The lowest BCUT2D eigenvalue weighted by Gasteiger charge is -2.14. The molecule has 0 saturated carbocycles. The highest BCUT2D eigenvalue weighted by Crippen LogP contribution is 2.26. The van der Waals surface area contributed by atoms with Crippen molar-refractivity contribution in [3.63, 3.8) is 0 Å². The lowest BCUT2D eigenvalue weighted by Crippen LogP contribution is -2.15. The molecule has 0 saturated heterocycles. The summed E-state index contributed by atoms with van der Waals surface area (Å²) in [5, 5.41) is 13.0. The third-order valence-electron chi connectivity index (χ3n) is 3.07. The van der Waals surface area contributed by atoms with Crippen LogP contribution in [0.1, 0.15) is 28.9 Å². The van der Waals surface area contributed by atoms with Crippen LogP contribution in [0.3, 0.4) is 0 Å². The van der Waals surface area contributed by atoms with Crippen molar-refractivity contribution >= 4 is 23.2 Å². The summed E-state index contributed by atoms with van der Waals surface area (Å²) in [4.78, 5) is 12.4. The molecule has 2 aromatic rings. The maximum atomic E-state index is 12.4. The molecule has 5 heteroatoms. The van der Waals surface area contributed by atoms with Gasteiger partial charge >= 0.3 is 0 Å². The molecule has 1 unspecified atom stereocenters. The standard InChI is InChI=1S/C16H16ClNO3/c1-10(19)12-5-3-4-6-14(12)18-16(20)13-8-7-11(17)9-15(13)21-2/h3-10,19H,1-2H3,(H,18,20). The third kappa shape index (κ3) is 3.54. The van der Waals surface area contributed by atoms with Gasteiger partial charge in [0.1, 0.15) is 5.75 Å². The number of hydrogen-bond donors (Lipinski definition) is 2. The molecule has 2 N–H and O–H groups in total. The molecule has 0 aliphatic heterocycles. The molecule has 2 rings (SSSR count). The minimum Gasteiger partial charge on any atom is -0.496 e. The molecule has 110 valence electrons. The molecule has 21 heavy (non-hydrogen) atoms. The second-order valence-electron chi connectivity index (χ2n) is 4.56. The van der Waals surface area contributed by atoms with Crippen molar-refractivity contribution in [3.8, 4) is 5.75 Å². The van der Waals surface area contributed by atoms with Crippen LogP contribution in [0.4, 0.5) is 5.69 Å². The molecule has 0 aliphatic carbocycles. The number of benzene rings is 2. The summed E-state index contributed by atoms with van der Waals surface area (Å²) in [5.74, 6) is 0.0751. The summed E-state index contributed by atoms with van der Waals surface area (Å²) in [6.07, 6.45) is -0.673. The maximum Gasteiger partial charge on any atom is 0.259 e. The van der Waals surface area contributed by atoms with Gasteiger partial charge in [-0.15, -0.1) is 0 Å². The van der Waals surface area contributed by atoms with Gasteiger partial charge in [-0.05, 0) is 31.2 Å². The van der Waals surface area contributed by atoms with Crippen LogP contribution in [0.25, 0.3) is 0 Å². The number of amides is 1. The quantitative estimate of drug-likeness (QED) is 0.906. The highest BCUT2D eigenvalue weighted by Gasteiger charge is 2.15. The van der Waals surface area contributed by atoms with Crippen molar-refractivity contribution in [1.82, 2.24) is 0 Å². The van der Waals surface area contributed by atoms with Crippen molar-refractivity contribution < 1.29 is 14.6 Å². The number of nitrogens with one attached hydrogen (secondary N) is 1. The maximum absolute atomic E-state index is 12.4. The molecular formula is C16H16ClNO3. The number of carbonyl (C=O) groups excluding carboxylic acids is 1. The Labute approximate surface area is 128 Å². The molecule has 2 aromatic carbocycles. The van der Waals surface area contributed by atoms with E-state index in [2.05, 4.69) is 5.32 Å². The minimum absolute atomic E-state index is 0.323. The summed E-state index contributed by atoms with van der Waals surface area (Å²) in [6.45, 7) is 1.65. The number of rotatable bonds is 4. The van der Waals surface area contributed by atoms with Crippen LogP contribution >= 0.6 is 11.6 Å². The number of halogens is 1. The molecule has 0 aliphatic rings. The minimum atomic E-state index is -0.673. The van der Waals surface area contributed by atoms with E-state index in [1.165, 1.54) is 7.11 Å². The number of aliphatic hydroxyl groups is 1. The Morgan fingerprint density at radius 1 is 1.29 bits per heavy atom. The molecule has 4 nitrogen and oxygen atoms in total. The first-order valence-electron chi connectivity index (χ1n) is 6.45. The van der Waals surface area contributed by atoms with Crippen molar-refractivity contribution in [2.24, 2.45) is 0 Å². The van der Waals surface area contributed by atoms with Crippen LogP contribution in [0.15, 0.2) is 42.5 Å². The predicted octanol–water partition coefficient (Wildman–Crippen LogP) is 3.65. The predicted molar refractivity (Wildman–Crippen MR) is 83.0 cm³/mol. The van der Waals surface area contributed by atoms with Gasteiger partial charge < -0.3 is 15.2 Å². The summed E-state index contributed by atoms with van der Waals surface area (Å²) < 4.78 is 5.17. The fraction of sp³-hybridized carbons (Fsp3) is 0.188. The van der Waals surface area contributed by atoms with Gasteiger partial charge in [0.2, 0.25) is 0 Å². The van der Waals surface area contributed by atoms with Crippen molar-refractivity contribution in [3.05, 3.63) is 58.6 Å². The van der Waals surface area contributed by atoms with Gasteiger partial charge in [0.15, 0.2) is 0 Å². The Morgan fingerprint density at radius 2 is 2.00 bits per heavy atom. The van der Waals surface area contributed by atoms with Crippen LogP contribution in [0.5, 0.6) is 5.75 Å². The molecular weight excluding hydrogens is 290 g/mol. The number of ether oxygens (including phenoxy) is 1. The van der Waals surface area contributed by atoms with E-state index < -0.39 is 6.10 Å². The second-order valence-corrected chi connectivity index (χ2v) is 5.00. The Bertz CT molecular complexity index is 656. The highest BCUT2D eigenvalue weighted by atomic mass is 35.5. The van der Waals surface area contributed by atoms with E-state index in [1.54, 1.807) is 49.4 Å². The summed E-state index contributed by atoms with van der Waals surface area (Å²) in [5.41, 5.74) is 1.59. The number of hydrogen-bond acceptors (Lipinski definition) is 3. The molecule has 0 aromatic heterocycles. The zero-order valence-electron chi connectivity index (χ0n) is 11.8. The van der Waals surface area contributed by atoms with Crippen LogP contribution < -0.4 is 10.1 Å². The Balaban J connectivity index is 2.31. The van der Waals surface area contributed by atoms with Gasteiger partial charge in [-0.2, -0.15) is 0 Å². The van der Waals surface area contributed by atoms with Gasteiger partial charge in [0.25, 0.3) is 5.91 Å². The smallest absolute Gasteiger partial charge is 0.259 e. The van der Waals surface area contributed by atoms with Crippen molar-refractivity contribution in [2.45, 2.75) is 13.0 Å². The molecule has 1 atom stereocenters. The Hall–Kier alpha value is -2.04. The first-order chi connectivity index (χ1) is 10.0. The van der Waals surface area contributed by atoms with E-state index in [0.717, 1.165) is 0 Å². The summed E-state index contributed by atoms with van der Waals surface area (Å²) in [7, 11) is 1.48. The van der Waals surface area contributed by atoms with Crippen molar-refractivity contribution in [2.75, 3.05) is 12.4 Å². The van der Waals surface area contributed by atoms with Gasteiger partial charge in [-0.3, -0.25) is 4.79 Å². The number of para-hydroxylation sites is 1. The van der Waals surface area contributed by atoms with Gasteiger partial charge in [0.05, 0.1) is 18.8 Å². The zero-order valence-corrected chi connectivity index (χ0v) is 12.5. The molecule has 1 amide bonds. The number of anilines is 1. The normalized spacial score (nSPS) is 11.8. The van der Waals surface area contributed by atoms with E-state index in [0.29, 0.717) is 27.6 Å². The highest BCUT2D eigenvalue weighted by molar-refractivity contribution is 6.31. The summed E-state index contributed by atoms with van der Waals surface area (Å²) >= 11 is 5.88. The lowest BCUT2D eigenvalue weighted by atomic mass is 10.1.